The van der Waals surface area contributed by atoms with E-state index in [1.807, 2.05) is 0 Å². The fraction of sp³-hybridized carbons (Fsp3) is 0.188. The van der Waals surface area contributed by atoms with Gasteiger partial charge in [0.2, 0.25) is 10.0 Å². The molecule has 0 bridgehead atoms. The van der Waals surface area contributed by atoms with Gasteiger partial charge in [-0.05, 0) is 36.8 Å². The summed E-state index contributed by atoms with van der Waals surface area (Å²) in [5.41, 5.74) is 0.674. The largest absolute Gasteiger partial charge is 0.322 e. The average Bonchev–Trinajstić information content (AvgIpc) is 2.56. The maximum atomic E-state index is 12.2. The third-order valence-corrected chi connectivity index (χ3v) is 5.10. The molecule has 1 amide bonds. The van der Waals surface area contributed by atoms with Gasteiger partial charge in [0.1, 0.15) is 0 Å². The van der Waals surface area contributed by atoms with Crippen LogP contribution in [0.1, 0.15) is 23.7 Å². The number of non-ortho nitro benzene ring substituents is 1. The third kappa shape index (κ3) is 5.17. The Morgan fingerprint density at radius 1 is 1.15 bits per heavy atom. The molecule has 10 heteroatoms. The second-order valence-corrected chi connectivity index (χ2v) is 7.62. The van der Waals surface area contributed by atoms with Gasteiger partial charge in [-0.3, -0.25) is 19.6 Å². The number of halogens is 1. The van der Waals surface area contributed by atoms with E-state index in [0.717, 1.165) is 6.07 Å². The Labute approximate surface area is 155 Å². The minimum absolute atomic E-state index is 0.0180. The molecule has 138 valence electrons. The van der Waals surface area contributed by atoms with Crippen molar-refractivity contribution in [3.8, 4) is 0 Å². The average molecular weight is 398 g/mol. The lowest BCUT2D eigenvalue weighted by atomic mass is 10.2. The molecule has 0 spiro atoms. The lowest BCUT2D eigenvalue weighted by molar-refractivity contribution is -0.384. The molecular weight excluding hydrogens is 382 g/mol. The van der Waals surface area contributed by atoms with E-state index in [1.165, 1.54) is 36.4 Å². The van der Waals surface area contributed by atoms with Gasteiger partial charge in [0.15, 0.2) is 0 Å². The number of nitro groups is 1. The predicted octanol–water partition coefficient (Wildman–Crippen LogP) is 3.65. The van der Waals surface area contributed by atoms with Crippen molar-refractivity contribution in [2.75, 3.05) is 15.8 Å². The monoisotopic (exact) mass is 397 g/mol. The molecule has 8 nitrogen and oxygen atoms in total. The first-order valence-corrected chi connectivity index (χ1v) is 9.60. The number of hydrogen-bond donors (Lipinski definition) is 2. The van der Waals surface area contributed by atoms with Crippen molar-refractivity contribution in [3.63, 3.8) is 0 Å². The van der Waals surface area contributed by atoms with Gasteiger partial charge < -0.3 is 5.32 Å². The first-order chi connectivity index (χ1) is 12.2. The Bertz CT molecular complexity index is 929. The second-order valence-electron chi connectivity index (χ2n) is 5.37. The summed E-state index contributed by atoms with van der Waals surface area (Å²) in [6, 6.07) is 9.64. The molecule has 0 aliphatic heterocycles. The summed E-state index contributed by atoms with van der Waals surface area (Å²) >= 11 is 5.92. The van der Waals surface area contributed by atoms with Gasteiger partial charge in [0.25, 0.3) is 11.6 Å². The molecule has 2 N–H and O–H groups in total. The molecule has 26 heavy (non-hydrogen) atoms. The highest BCUT2D eigenvalue weighted by atomic mass is 35.5. The summed E-state index contributed by atoms with van der Waals surface area (Å²) in [6.07, 6.45) is 0.499. The standard InChI is InChI=1S/C16H16ClN3O5S/c1-2-9-26(24,25)19-12-5-3-11(4-6-12)18-16(21)14-8-7-13(20(22)23)10-15(14)17/h3-8,10,19H,2,9H2,1H3,(H,18,21). The second kappa shape index (κ2) is 8.15. The number of anilines is 2. The zero-order valence-electron chi connectivity index (χ0n) is 13.7. The summed E-state index contributed by atoms with van der Waals surface area (Å²) in [4.78, 5) is 22.3. The maximum Gasteiger partial charge on any atom is 0.270 e. The minimum Gasteiger partial charge on any atom is -0.322 e. The van der Waals surface area contributed by atoms with E-state index in [-0.39, 0.29) is 22.0 Å². The van der Waals surface area contributed by atoms with Crippen molar-refractivity contribution in [3.05, 3.63) is 63.2 Å². The maximum absolute atomic E-state index is 12.2. The topological polar surface area (TPSA) is 118 Å². The van der Waals surface area contributed by atoms with Crippen LogP contribution in [0, 0.1) is 10.1 Å². The number of sulfonamides is 1. The Morgan fingerprint density at radius 3 is 2.31 bits per heavy atom. The van der Waals surface area contributed by atoms with Crippen molar-refractivity contribution >= 4 is 44.6 Å². The van der Waals surface area contributed by atoms with Gasteiger partial charge in [0.05, 0.1) is 21.3 Å². The number of hydrogen-bond acceptors (Lipinski definition) is 5. The number of carbonyl (C=O) groups is 1. The predicted molar refractivity (Wildman–Crippen MR) is 100 cm³/mol. The van der Waals surface area contributed by atoms with E-state index >= 15 is 0 Å². The molecule has 0 aliphatic carbocycles. The number of nitro benzene ring substituents is 1. The van der Waals surface area contributed by atoms with Crippen LogP contribution in [0.2, 0.25) is 5.02 Å². The molecule has 0 saturated heterocycles. The summed E-state index contributed by atoms with van der Waals surface area (Å²) < 4.78 is 25.9. The molecule has 2 aromatic carbocycles. The number of benzene rings is 2. The molecular formula is C16H16ClN3O5S. The van der Waals surface area contributed by atoms with Crippen LogP contribution < -0.4 is 10.0 Å². The normalized spacial score (nSPS) is 11.0. The van der Waals surface area contributed by atoms with Crippen LogP contribution in [-0.2, 0) is 10.0 Å². The number of rotatable bonds is 7. The van der Waals surface area contributed by atoms with Crippen molar-refractivity contribution in [2.24, 2.45) is 0 Å². The molecule has 0 radical (unpaired) electrons. The van der Waals surface area contributed by atoms with E-state index < -0.39 is 20.9 Å². The van der Waals surface area contributed by atoms with Crippen LogP contribution in [0.3, 0.4) is 0 Å². The number of carbonyl (C=O) groups excluding carboxylic acids is 1. The Kier molecular flexibility index (Phi) is 6.17. The van der Waals surface area contributed by atoms with E-state index in [2.05, 4.69) is 10.0 Å². The summed E-state index contributed by atoms with van der Waals surface area (Å²) in [5.74, 6) is -0.520. The summed E-state index contributed by atoms with van der Waals surface area (Å²) in [7, 11) is -3.39. The highest BCUT2D eigenvalue weighted by Gasteiger charge is 2.15. The molecule has 0 unspecified atom stereocenters. The molecule has 0 saturated carbocycles. The Balaban J connectivity index is 2.09. The minimum atomic E-state index is -3.39. The van der Waals surface area contributed by atoms with Gasteiger partial charge in [-0.25, -0.2) is 8.42 Å². The first kappa shape index (κ1) is 19.7. The molecule has 2 rings (SSSR count). The van der Waals surface area contributed by atoms with Crippen LogP contribution >= 0.6 is 11.6 Å². The summed E-state index contributed by atoms with van der Waals surface area (Å²) in [5, 5.41) is 13.2. The fourth-order valence-corrected chi connectivity index (χ4v) is 3.52. The quantitative estimate of drug-likeness (QED) is 0.546. The van der Waals surface area contributed by atoms with Crippen LogP contribution in [0.4, 0.5) is 17.1 Å². The van der Waals surface area contributed by atoms with Crippen molar-refractivity contribution < 1.29 is 18.1 Å². The van der Waals surface area contributed by atoms with Crippen LogP contribution in [0.5, 0.6) is 0 Å². The third-order valence-electron chi connectivity index (χ3n) is 3.30. The molecule has 0 atom stereocenters. The van der Waals surface area contributed by atoms with Gasteiger partial charge in [-0.2, -0.15) is 0 Å². The number of nitrogens with one attached hydrogen (secondary N) is 2. The van der Waals surface area contributed by atoms with E-state index in [1.54, 1.807) is 6.92 Å². The van der Waals surface area contributed by atoms with Gasteiger partial charge in [-0.15, -0.1) is 0 Å². The van der Waals surface area contributed by atoms with Crippen LogP contribution in [0.25, 0.3) is 0 Å². The van der Waals surface area contributed by atoms with E-state index in [4.69, 9.17) is 11.6 Å². The smallest absolute Gasteiger partial charge is 0.270 e. The SMILES string of the molecule is CCCS(=O)(=O)Nc1ccc(NC(=O)c2ccc([N+](=O)[O-])cc2Cl)cc1. The van der Waals surface area contributed by atoms with Crippen LogP contribution in [-0.4, -0.2) is 25.0 Å². The molecule has 0 heterocycles. The summed E-state index contributed by atoms with van der Waals surface area (Å²) in [6.45, 7) is 1.77. The zero-order valence-corrected chi connectivity index (χ0v) is 15.3. The Hall–Kier alpha value is -2.65. The molecule has 0 aliphatic rings. The van der Waals surface area contributed by atoms with Crippen molar-refractivity contribution in [1.29, 1.82) is 0 Å². The van der Waals surface area contributed by atoms with E-state index in [9.17, 15) is 23.3 Å². The van der Waals surface area contributed by atoms with Gasteiger partial charge >= 0.3 is 0 Å². The number of nitrogens with zero attached hydrogens (tertiary/aromatic N) is 1. The lowest BCUT2D eigenvalue weighted by Crippen LogP contribution is -2.16. The Morgan fingerprint density at radius 2 is 1.77 bits per heavy atom. The van der Waals surface area contributed by atoms with Crippen LogP contribution in [0.15, 0.2) is 42.5 Å². The molecule has 0 fully saturated rings. The first-order valence-electron chi connectivity index (χ1n) is 7.57. The highest BCUT2D eigenvalue weighted by Crippen LogP contribution is 2.24. The van der Waals surface area contributed by atoms with E-state index in [0.29, 0.717) is 17.8 Å². The van der Waals surface area contributed by atoms with Gasteiger partial charge in [0, 0.05) is 23.5 Å². The number of amides is 1. The van der Waals surface area contributed by atoms with Gasteiger partial charge in [-0.1, -0.05) is 18.5 Å². The lowest BCUT2D eigenvalue weighted by Gasteiger charge is -2.09. The zero-order chi connectivity index (χ0) is 19.3. The molecule has 0 aromatic heterocycles. The van der Waals surface area contributed by atoms with Crippen molar-refractivity contribution in [1.82, 2.24) is 0 Å². The molecule has 2 aromatic rings. The fourth-order valence-electron chi connectivity index (χ4n) is 2.12. The highest BCUT2D eigenvalue weighted by molar-refractivity contribution is 7.92. The van der Waals surface area contributed by atoms with Crippen molar-refractivity contribution in [2.45, 2.75) is 13.3 Å².